The van der Waals surface area contributed by atoms with Crippen LogP contribution in [0.15, 0.2) is 6.20 Å². The standard InChI is InChI=1S/C11H12FN5.C5H10O2/c1-6(2)3-8-7(4-13)10(12)9-5-15-11(14)16-17(8)9;6-5-2-1-3-7-4-5/h5-6H,3H2,1-2H3,(H2,14,16);5-6H,1-4H2. The molecule has 0 amide bonds. The van der Waals surface area contributed by atoms with Crippen molar-refractivity contribution in [3.05, 3.63) is 23.3 Å². The predicted molar refractivity (Wildman–Crippen MR) is 86.7 cm³/mol. The molecular formula is C16H22FN5O2. The molecule has 24 heavy (non-hydrogen) atoms. The summed E-state index contributed by atoms with van der Waals surface area (Å²) in [5.74, 6) is -0.235. The van der Waals surface area contributed by atoms with Crippen molar-refractivity contribution in [2.24, 2.45) is 5.92 Å². The third kappa shape index (κ3) is 4.19. The van der Waals surface area contributed by atoms with Gasteiger partial charge in [0.25, 0.3) is 0 Å². The monoisotopic (exact) mass is 335 g/mol. The lowest BCUT2D eigenvalue weighted by molar-refractivity contribution is -0.00535. The van der Waals surface area contributed by atoms with E-state index in [1.54, 1.807) is 0 Å². The summed E-state index contributed by atoms with van der Waals surface area (Å²) in [6.45, 7) is 5.35. The Hall–Kier alpha value is -2.24. The average Bonchev–Trinajstić information content (AvgIpc) is 2.79. The molecule has 0 saturated carbocycles. The molecular weight excluding hydrogens is 313 g/mol. The zero-order valence-corrected chi connectivity index (χ0v) is 13.9. The van der Waals surface area contributed by atoms with Crippen LogP contribution in [0, 0.1) is 23.1 Å². The fraction of sp³-hybridized carbons (Fsp3) is 0.562. The molecule has 8 heteroatoms. The summed E-state index contributed by atoms with van der Waals surface area (Å²) in [7, 11) is 0. The van der Waals surface area contributed by atoms with Gasteiger partial charge in [0, 0.05) is 6.61 Å². The molecule has 1 saturated heterocycles. The van der Waals surface area contributed by atoms with Gasteiger partial charge in [0.2, 0.25) is 5.95 Å². The summed E-state index contributed by atoms with van der Waals surface area (Å²) in [4.78, 5) is 3.73. The number of halogens is 1. The molecule has 0 bridgehead atoms. The van der Waals surface area contributed by atoms with E-state index in [1.807, 2.05) is 19.9 Å². The highest BCUT2D eigenvalue weighted by atomic mass is 19.1. The Balaban J connectivity index is 0.000000249. The zero-order chi connectivity index (χ0) is 17.7. The van der Waals surface area contributed by atoms with Gasteiger partial charge in [-0.05, 0) is 25.2 Å². The second kappa shape index (κ2) is 8.04. The van der Waals surface area contributed by atoms with E-state index >= 15 is 0 Å². The van der Waals surface area contributed by atoms with Crippen LogP contribution in [0.2, 0.25) is 0 Å². The topological polar surface area (TPSA) is 109 Å². The fourth-order valence-corrected chi connectivity index (χ4v) is 2.49. The molecule has 1 atom stereocenters. The van der Waals surface area contributed by atoms with Crippen molar-refractivity contribution >= 4 is 11.5 Å². The molecule has 1 aliphatic rings. The maximum atomic E-state index is 13.9. The van der Waals surface area contributed by atoms with E-state index < -0.39 is 5.82 Å². The van der Waals surface area contributed by atoms with Crippen LogP contribution in [0.1, 0.15) is 37.9 Å². The normalized spacial score (nSPS) is 17.4. The Bertz CT molecular complexity index is 732. The number of nitrogen functional groups attached to an aromatic ring is 1. The number of fused-ring (bicyclic) bond motifs is 1. The molecule has 2 aromatic heterocycles. The van der Waals surface area contributed by atoms with Crippen molar-refractivity contribution in [1.29, 1.82) is 5.26 Å². The molecule has 3 N–H and O–H groups in total. The minimum atomic E-state index is -0.580. The van der Waals surface area contributed by atoms with Crippen molar-refractivity contribution in [1.82, 2.24) is 14.6 Å². The molecule has 0 aliphatic carbocycles. The highest BCUT2D eigenvalue weighted by Crippen LogP contribution is 2.22. The van der Waals surface area contributed by atoms with E-state index in [2.05, 4.69) is 10.1 Å². The largest absolute Gasteiger partial charge is 0.391 e. The van der Waals surface area contributed by atoms with Crippen LogP contribution >= 0.6 is 0 Å². The lowest BCUT2D eigenvalue weighted by Gasteiger charge is -2.15. The van der Waals surface area contributed by atoms with Gasteiger partial charge < -0.3 is 15.6 Å². The Morgan fingerprint density at radius 1 is 1.58 bits per heavy atom. The lowest BCUT2D eigenvalue weighted by atomic mass is 10.1. The van der Waals surface area contributed by atoms with Crippen molar-refractivity contribution < 1.29 is 14.2 Å². The maximum Gasteiger partial charge on any atom is 0.238 e. The molecule has 3 heterocycles. The van der Waals surface area contributed by atoms with Gasteiger partial charge in [0.15, 0.2) is 5.82 Å². The van der Waals surface area contributed by atoms with Crippen LogP contribution in [0.4, 0.5) is 10.3 Å². The molecule has 1 unspecified atom stereocenters. The van der Waals surface area contributed by atoms with Gasteiger partial charge in [0.1, 0.15) is 17.1 Å². The molecule has 0 aromatic carbocycles. The molecule has 1 aliphatic heterocycles. The second-order valence-electron chi connectivity index (χ2n) is 6.13. The highest BCUT2D eigenvalue weighted by Gasteiger charge is 2.20. The summed E-state index contributed by atoms with van der Waals surface area (Å²) < 4.78 is 20.2. The van der Waals surface area contributed by atoms with Crippen molar-refractivity contribution in [3.8, 4) is 6.07 Å². The number of nitrogens with zero attached hydrogens (tertiary/aromatic N) is 4. The van der Waals surface area contributed by atoms with Gasteiger partial charge in [0.05, 0.1) is 24.6 Å². The van der Waals surface area contributed by atoms with Crippen molar-refractivity contribution in [2.75, 3.05) is 18.9 Å². The Kier molecular flexibility index (Phi) is 6.06. The number of hydrogen-bond acceptors (Lipinski definition) is 6. The molecule has 0 radical (unpaired) electrons. The summed E-state index contributed by atoms with van der Waals surface area (Å²) >= 11 is 0. The second-order valence-corrected chi connectivity index (χ2v) is 6.13. The molecule has 3 rings (SSSR count). The maximum absolute atomic E-state index is 13.9. The van der Waals surface area contributed by atoms with Gasteiger partial charge in [-0.3, -0.25) is 0 Å². The van der Waals surface area contributed by atoms with E-state index in [9.17, 15) is 4.39 Å². The molecule has 130 valence electrons. The first kappa shape index (κ1) is 18.1. The number of aliphatic hydroxyl groups excluding tert-OH is 1. The SMILES string of the molecule is CC(C)Cc1c(C#N)c(F)c2cnc(N)nn12.OC1CCCOC1. The number of ether oxygens (including phenoxy) is 1. The van der Waals surface area contributed by atoms with Crippen molar-refractivity contribution in [2.45, 2.75) is 39.2 Å². The molecule has 0 spiro atoms. The van der Waals surface area contributed by atoms with Crippen LogP contribution < -0.4 is 5.73 Å². The first-order valence-corrected chi connectivity index (χ1v) is 7.91. The van der Waals surface area contributed by atoms with Gasteiger partial charge in [-0.25, -0.2) is 13.9 Å². The van der Waals surface area contributed by atoms with Crippen molar-refractivity contribution in [3.63, 3.8) is 0 Å². The summed E-state index contributed by atoms with van der Waals surface area (Å²) in [5.41, 5.74) is 6.23. The Morgan fingerprint density at radius 3 is 2.83 bits per heavy atom. The highest BCUT2D eigenvalue weighted by molar-refractivity contribution is 5.57. The number of nitrogens with two attached hydrogens (primary N) is 1. The zero-order valence-electron chi connectivity index (χ0n) is 13.9. The average molecular weight is 335 g/mol. The summed E-state index contributed by atoms with van der Waals surface area (Å²) in [5, 5.41) is 21.7. The Labute approximate surface area is 139 Å². The fourth-order valence-electron chi connectivity index (χ4n) is 2.49. The van der Waals surface area contributed by atoms with Crippen LogP contribution in [-0.4, -0.2) is 39.0 Å². The van der Waals surface area contributed by atoms with Gasteiger partial charge in [-0.2, -0.15) is 5.26 Å². The predicted octanol–water partition coefficient (Wildman–Crippen LogP) is 1.68. The van der Waals surface area contributed by atoms with Crippen LogP contribution in [0.3, 0.4) is 0 Å². The number of hydrogen-bond donors (Lipinski definition) is 2. The van der Waals surface area contributed by atoms with E-state index in [4.69, 9.17) is 20.8 Å². The minimum absolute atomic E-state index is 0.0265. The summed E-state index contributed by atoms with van der Waals surface area (Å²) in [6.07, 6.45) is 3.60. The van der Waals surface area contributed by atoms with E-state index in [-0.39, 0.29) is 29.1 Å². The third-order valence-electron chi connectivity index (χ3n) is 3.59. The number of aromatic nitrogens is 3. The summed E-state index contributed by atoms with van der Waals surface area (Å²) in [6, 6.07) is 1.87. The number of nitriles is 1. The first-order chi connectivity index (χ1) is 11.4. The Morgan fingerprint density at radius 2 is 2.33 bits per heavy atom. The number of aliphatic hydroxyl groups is 1. The van der Waals surface area contributed by atoms with Gasteiger partial charge in [-0.15, -0.1) is 5.10 Å². The lowest BCUT2D eigenvalue weighted by Crippen LogP contribution is -2.21. The van der Waals surface area contributed by atoms with Crippen LogP contribution in [-0.2, 0) is 11.2 Å². The van der Waals surface area contributed by atoms with Gasteiger partial charge >= 0.3 is 0 Å². The van der Waals surface area contributed by atoms with Gasteiger partial charge in [-0.1, -0.05) is 13.8 Å². The van der Waals surface area contributed by atoms with E-state index in [0.29, 0.717) is 18.7 Å². The van der Waals surface area contributed by atoms with Crippen LogP contribution in [0.25, 0.3) is 5.52 Å². The quantitative estimate of drug-likeness (QED) is 0.864. The first-order valence-electron chi connectivity index (χ1n) is 7.91. The molecule has 2 aromatic rings. The van der Waals surface area contributed by atoms with E-state index in [1.165, 1.54) is 10.7 Å². The van der Waals surface area contributed by atoms with Crippen LogP contribution in [0.5, 0.6) is 0 Å². The minimum Gasteiger partial charge on any atom is -0.391 e. The molecule has 7 nitrogen and oxygen atoms in total. The number of rotatable bonds is 2. The molecule has 1 fully saturated rings. The number of anilines is 1. The third-order valence-corrected chi connectivity index (χ3v) is 3.59. The smallest absolute Gasteiger partial charge is 0.238 e. The van der Waals surface area contributed by atoms with E-state index in [0.717, 1.165) is 19.4 Å².